The number of hydrogen-bond acceptors (Lipinski definition) is 3. The molecule has 1 aliphatic carbocycles. The third-order valence-electron chi connectivity index (χ3n) is 5.98. The standard InChI is InChI=1S/C22H34F3N5/c1-2-26-21(29-19-9-7-8-18(15-19)22(23,24)25)28-16-17-10-11-27-20(14-17)30-12-5-3-4-6-13-30/h10-11,14,18-19H,2-9,12-13,15-16H2,1H3,(H2,26,28,29). The fourth-order valence-corrected chi connectivity index (χ4v) is 4.33. The summed E-state index contributed by atoms with van der Waals surface area (Å²) in [6.45, 7) is 5.16. The Morgan fingerprint density at radius 3 is 2.63 bits per heavy atom. The number of halogens is 3. The number of pyridine rings is 1. The van der Waals surface area contributed by atoms with Gasteiger partial charge in [-0.15, -0.1) is 0 Å². The first-order valence-electron chi connectivity index (χ1n) is 11.3. The Bertz CT molecular complexity index is 684. The average molecular weight is 426 g/mol. The van der Waals surface area contributed by atoms with Gasteiger partial charge in [0.1, 0.15) is 5.82 Å². The zero-order valence-corrected chi connectivity index (χ0v) is 17.8. The molecule has 1 saturated carbocycles. The molecule has 1 aromatic heterocycles. The first kappa shape index (κ1) is 22.7. The van der Waals surface area contributed by atoms with Crippen LogP contribution in [-0.2, 0) is 6.54 Å². The van der Waals surface area contributed by atoms with E-state index in [-0.39, 0.29) is 18.9 Å². The molecule has 30 heavy (non-hydrogen) atoms. The highest BCUT2D eigenvalue weighted by Gasteiger charge is 2.42. The molecule has 2 unspecified atom stereocenters. The van der Waals surface area contributed by atoms with Crippen LogP contribution in [-0.4, -0.2) is 42.8 Å². The summed E-state index contributed by atoms with van der Waals surface area (Å²) >= 11 is 0. The number of anilines is 1. The fraction of sp³-hybridized carbons (Fsp3) is 0.727. The molecule has 5 nitrogen and oxygen atoms in total. The Labute approximate surface area is 177 Å². The molecule has 0 aromatic carbocycles. The zero-order chi connectivity index (χ0) is 21.4. The number of guanidine groups is 1. The maximum atomic E-state index is 13.1. The van der Waals surface area contributed by atoms with Crippen LogP contribution < -0.4 is 15.5 Å². The highest BCUT2D eigenvalue weighted by molar-refractivity contribution is 5.80. The molecular formula is C22H34F3N5. The second-order valence-electron chi connectivity index (χ2n) is 8.37. The van der Waals surface area contributed by atoms with E-state index in [0.717, 1.165) is 30.9 Å². The molecule has 1 aliphatic heterocycles. The largest absolute Gasteiger partial charge is 0.391 e. The lowest BCUT2D eigenvalue weighted by molar-refractivity contribution is -0.183. The lowest BCUT2D eigenvalue weighted by Gasteiger charge is -2.32. The summed E-state index contributed by atoms with van der Waals surface area (Å²) in [4.78, 5) is 11.5. The van der Waals surface area contributed by atoms with Crippen molar-refractivity contribution in [3.05, 3.63) is 23.9 Å². The van der Waals surface area contributed by atoms with Crippen molar-refractivity contribution in [3.8, 4) is 0 Å². The van der Waals surface area contributed by atoms with Crippen LogP contribution in [0.2, 0.25) is 0 Å². The molecule has 0 bridgehead atoms. The Hall–Kier alpha value is -1.99. The third-order valence-corrected chi connectivity index (χ3v) is 5.98. The minimum Gasteiger partial charge on any atom is -0.357 e. The first-order chi connectivity index (χ1) is 14.5. The van der Waals surface area contributed by atoms with Gasteiger partial charge in [-0.2, -0.15) is 13.2 Å². The van der Waals surface area contributed by atoms with Crippen molar-refractivity contribution >= 4 is 11.8 Å². The van der Waals surface area contributed by atoms with Gasteiger partial charge in [0.25, 0.3) is 0 Å². The zero-order valence-electron chi connectivity index (χ0n) is 17.8. The van der Waals surface area contributed by atoms with Gasteiger partial charge < -0.3 is 15.5 Å². The summed E-state index contributed by atoms with van der Waals surface area (Å²) in [5.41, 5.74) is 1.05. The molecule has 0 amide bonds. The number of rotatable bonds is 5. The van der Waals surface area contributed by atoms with Crippen LogP contribution in [0.3, 0.4) is 0 Å². The van der Waals surface area contributed by atoms with Gasteiger partial charge in [0, 0.05) is 31.9 Å². The van der Waals surface area contributed by atoms with Gasteiger partial charge in [-0.3, -0.25) is 0 Å². The van der Waals surface area contributed by atoms with Gasteiger partial charge in [-0.05, 0) is 56.7 Å². The molecule has 8 heteroatoms. The summed E-state index contributed by atoms with van der Waals surface area (Å²) in [5, 5.41) is 6.40. The van der Waals surface area contributed by atoms with Crippen molar-refractivity contribution in [2.75, 3.05) is 24.5 Å². The summed E-state index contributed by atoms with van der Waals surface area (Å²) in [6, 6.07) is 3.83. The number of alkyl halides is 3. The van der Waals surface area contributed by atoms with E-state index in [4.69, 9.17) is 0 Å². The monoisotopic (exact) mass is 425 g/mol. The molecule has 2 atom stereocenters. The van der Waals surface area contributed by atoms with Crippen LogP contribution in [0.1, 0.15) is 63.9 Å². The van der Waals surface area contributed by atoms with E-state index in [1.165, 1.54) is 25.7 Å². The van der Waals surface area contributed by atoms with Gasteiger partial charge >= 0.3 is 6.18 Å². The Balaban J connectivity index is 1.62. The molecule has 0 spiro atoms. The van der Waals surface area contributed by atoms with Gasteiger partial charge in [-0.25, -0.2) is 9.98 Å². The van der Waals surface area contributed by atoms with E-state index in [2.05, 4.69) is 31.6 Å². The smallest absolute Gasteiger partial charge is 0.357 e. The lowest BCUT2D eigenvalue weighted by Crippen LogP contribution is -2.46. The highest BCUT2D eigenvalue weighted by Crippen LogP contribution is 2.37. The summed E-state index contributed by atoms with van der Waals surface area (Å²) in [6.07, 6.45) is 4.31. The molecule has 1 saturated heterocycles. The molecule has 2 aliphatic rings. The normalized spacial score (nSPS) is 23.7. The molecule has 2 fully saturated rings. The number of nitrogens with one attached hydrogen (secondary N) is 2. The van der Waals surface area contributed by atoms with Crippen LogP contribution in [0.15, 0.2) is 23.3 Å². The number of aromatic nitrogens is 1. The van der Waals surface area contributed by atoms with Crippen LogP contribution in [0.4, 0.5) is 19.0 Å². The molecule has 2 N–H and O–H groups in total. The Kier molecular flexibility index (Phi) is 8.22. The Morgan fingerprint density at radius 2 is 1.93 bits per heavy atom. The summed E-state index contributed by atoms with van der Waals surface area (Å²) in [5.74, 6) is 0.351. The SMILES string of the molecule is CCNC(=NCc1ccnc(N2CCCCCC2)c1)NC1CCCC(C(F)(F)F)C1. The molecule has 1 aromatic rings. The predicted molar refractivity (Wildman–Crippen MR) is 115 cm³/mol. The van der Waals surface area contributed by atoms with Gasteiger partial charge in [0.05, 0.1) is 12.5 Å². The number of hydrogen-bond donors (Lipinski definition) is 2. The van der Waals surface area contributed by atoms with Crippen molar-refractivity contribution in [1.82, 2.24) is 15.6 Å². The number of nitrogens with zero attached hydrogens (tertiary/aromatic N) is 3. The minimum absolute atomic E-state index is 0.113. The van der Waals surface area contributed by atoms with Crippen molar-refractivity contribution in [2.45, 2.75) is 77.1 Å². The average Bonchev–Trinajstić information content (AvgIpc) is 3.02. The summed E-state index contributed by atoms with van der Waals surface area (Å²) in [7, 11) is 0. The van der Waals surface area contributed by atoms with E-state index in [0.29, 0.717) is 25.5 Å². The van der Waals surface area contributed by atoms with Crippen LogP contribution in [0, 0.1) is 5.92 Å². The van der Waals surface area contributed by atoms with E-state index in [1.807, 2.05) is 19.2 Å². The van der Waals surface area contributed by atoms with E-state index in [1.54, 1.807) is 0 Å². The lowest BCUT2D eigenvalue weighted by atomic mass is 9.85. The van der Waals surface area contributed by atoms with Crippen LogP contribution in [0.5, 0.6) is 0 Å². The minimum atomic E-state index is -4.11. The predicted octanol–water partition coefficient (Wildman–Crippen LogP) is 4.64. The third kappa shape index (κ3) is 6.77. The van der Waals surface area contributed by atoms with Crippen molar-refractivity contribution in [3.63, 3.8) is 0 Å². The van der Waals surface area contributed by atoms with E-state index in [9.17, 15) is 13.2 Å². The molecule has 168 valence electrons. The van der Waals surface area contributed by atoms with Crippen molar-refractivity contribution < 1.29 is 13.2 Å². The molecular weight excluding hydrogens is 391 g/mol. The Morgan fingerprint density at radius 1 is 1.17 bits per heavy atom. The fourth-order valence-electron chi connectivity index (χ4n) is 4.33. The second-order valence-corrected chi connectivity index (χ2v) is 8.37. The van der Waals surface area contributed by atoms with Gasteiger partial charge in [-0.1, -0.05) is 19.3 Å². The van der Waals surface area contributed by atoms with Crippen molar-refractivity contribution in [1.29, 1.82) is 0 Å². The highest BCUT2D eigenvalue weighted by atomic mass is 19.4. The van der Waals surface area contributed by atoms with E-state index < -0.39 is 12.1 Å². The van der Waals surface area contributed by atoms with Crippen LogP contribution >= 0.6 is 0 Å². The maximum absolute atomic E-state index is 13.1. The quantitative estimate of drug-likeness (QED) is 0.533. The topological polar surface area (TPSA) is 52.6 Å². The van der Waals surface area contributed by atoms with Crippen molar-refractivity contribution in [2.24, 2.45) is 10.9 Å². The van der Waals surface area contributed by atoms with E-state index >= 15 is 0 Å². The second kappa shape index (κ2) is 10.9. The molecule has 3 rings (SSSR count). The maximum Gasteiger partial charge on any atom is 0.391 e. The summed E-state index contributed by atoms with van der Waals surface area (Å²) < 4.78 is 39.3. The first-order valence-corrected chi connectivity index (χ1v) is 11.3. The van der Waals surface area contributed by atoms with Gasteiger partial charge in [0.2, 0.25) is 0 Å². The van der Waals surface area contributed by atoms with Gasteiger partial charge in [0.15, 0.2) is 5.96 Å². The molecule has 0 radical (unpaired) electrons. The number of aliphatic imine (C=N–C) groups is 1. The van der Waals surface area contributed by atoms with Crippen LogP contribution in [0.25, 0.3) is 0 Å². The molecule has 2 heterocycles.